The first kappa shape index (κ1) is 17.3. The molecule has 1 aromatic heterocycles. The highest BCUT2D eigenvalue weighted by Crippen LogP contribution is 2.16. The molecule has 0 saturated carbocycles. The molecule has 2 amide bonds. The van der Waals surface area contributed by atoms with Crippen molar-refractivity contribution >= 4 is 34.4 Å². The van der Waals surface area contributed by atoms with Crippen molar-refractivity contribution in [2.75, 3.05) is 14.2 Å². The van der Waals surface area contributed by atoms with Crippen LogP contribution < -0.4 is 10.0 Å². The standard InChI is InChI=1S/C11H13N5O7S/c1-16-5-12-9(14-11(16)22-2)13-10(19)15-24(20,21)7-4-23-3-6(7)8(17)18/h3-5,9H,1-2H3,(H,17,18)(H2,13,15,19). The van der Waals surface area contributed by atoms with Gasteiger partial charge in [-0.15, -0.1) is 0 Å². The van der Waals surface area contributed by atoms with E-state index in [1.165, 1.54) is 18.3 Å². The van der Waals surface area contributed by atoms with Crippen molar-refractivity contribution in [3.05, 3.63) is 18.1 Å². The lowest BCUT2D eigenvalue weighted by Gasteiger charge is -2.21. The van der Waals surface area contributed by atoms with Crippen molar-refractivity contribution in [1.29, 1.82) is 0 Å². The number of amides is 2. The number of carboxylic acids is 1. The summed E-state index contributed by atoms with van der Waals surface area (Å²) in [6.45, 7) is 0. The number of furan rings is 1. The summed E-state index contributed by atoms with van der Waals surface area (Å²) in [5, 5.41) is 11.1. The number of sulfonamides is 1. The number of methoxy groups -OCH3 is 1. The lowest BCUT2D eigenvalue weighted by atomic mass is 10.3. The van der Waals surface area contributed by atoms with E-state index in [9.17, 15) is 18.0 Å². The fourth-order valence-corrected chi connectivity index (χ4v) is 2.70. The molecule has 0 aliphatic carbocycles. The third kappa shape index (κ3) is 3.62. The molecular formula is C11H13N5O7S. The molecular weight excluding hydrogens is 346 g/mol. The highest BCUT2D eigenvalue weighted by atomic mass is 32.2. The number of ether oxygens (including phenoxy) is 1. The Kier molecular flexibility index (Phi) is 4.73. The molecule has 2 rings (SSSR count). The summed E-state index contributed by atoms with van der Waals surface area (Å²) in [7, 11) is -1.48. The van der Waals surface area contributed by atoms with Crippen LogP contribution in [0.3, 0.4) is 0 Å². The van der Waals surface area contributed by atoms with Gasteiger partial charge in [-0.1, -0.05) is 0 Å². The Bertz CT molecular complexity index is 812. The van der Waals surface area contributed by atoms with Gasteiger partial charge in [-0.2, -0.15) is 4.99 Å². The van der Waals surface area contributed by atoms with Gasteiger partial charge in [0.25, 0.3) is 16.0 Å². The molecule has 0 bridgehead atoms. The highest BCUT2D eigenvalue weighted by Gasteiger charge is 2.27. The van der Waals surface area contributed by atoms with Crippen molar-refractivity contribution in [1.82, 2.24) is 14.9 Å². The number of aromatic carboxylic acids is 1. The topological polar surface area (TPSA) is 163 Å². The third-order valence-electron chi connectivity index (χ3n) is 2.73. The molecule has 1 unspecified atom stereocenters. The van der Waals surface area contributed by atoms with Crippen LogP contribution in [-0.4, -0.2) is 63.2 Å². The van der Waals surface area contributed by atoms with Gasteiger partial charge in [0, 0.05) is 7.05 Å². The Balaban J connectivity index is 2.09. The van der Waals surface area contributed by atoms with Crippen LogP contribution >= 0.6 is 0 Å². The van der Waals surface area contributed by atoms with Crippen molar-refractivity contribution in [2.24, 2.45) is 9.98 Å². The number of amidine groups is 1. The van der Waals surface area contributed by atoms with Crippen molar-refractivity contribution in [2.45, 2.75) is 11.2 Å². The summed E-state index contributed by atoms with van der Waals surface area (Å²) >= 11 is 0. The molecule has 1 aliphatic heterocycles. The monoisotopic (exact) mass is 359 g/mol. The normalized spacial score (nSPS) is 17.2. The molecule has 0 fully saturated rings. The molecule has 0 aromatic carbocycles. The van der Waals surface area contributed by atoms with E-state index in [4.69, 9.17) is 9.84 Å². The van der Waals surface area contributed by atoms with Gasteiger partial charge in [-0.05, 0) is 0 Å². The number of urea groups is 1. The summed E-state index contributed by atoms with van der Waals surface area (Å²) in [4.78, 5) is 31.2. The van der Waals surface area contributed by atoms with Gasteiger partial charge in [-0.25, -0.2) is 27.7 Å². The van der Waals surface area contributed by atoms with Gasteiger partial charge in [-0.3, -0.25) is 10.2 Å². The Hall–Kier alpha value is -3.09. The second kappa shape index (κ2) is 6.57. The largest absolute Gasteiger partial charge is 0.478 e. The summed E-state index contributed by atoms with van der Waals surface area (Å²) < 4.78 is 35.2. The molecule has 0 radical (unpaired) electrons. The number of hydrogen-bond donors (Lipinski definition) is 3. The average molecular weight is 359 g/mol. The molecule has 1 atom stereocenters. The van der Waals surface area contributed by atoms with Crippen molar-refractivity contribution < 1.29 is 32.3 Å². The minimum absolute atomic E-state index is 0.154. The Morgan fingerprint density at radius 2 is 2.12 bits per heavy atom. The van der Waals surface area contributed by atoms with E-state index >= 15 is 0 Å². The van der Waals surface area contributed by atoms with Gasteiger partial charge in [0.1, 0.15) is 23.0 Å². The number of nitrogens with one attached hydrogen (secondary N) is 2. The van der Waals surface area contributed by atoms with E-state index in [-0.39, 0.29) is 6.02 Å². The van der Waals surface area contributed by atoms with Crippen LogP contribution in [0.25, 0.3) is 0 Å². The number of hydrogen-bond acceptors (Lipinski definition) is 9. The maximum Gasteiger partial charge on any atom is 0.340 e. The Labute approximate surface area is 135 Å². The maximum absolute atomic E-state index is 12.0. The van der Waals surface area contributed by atoms with E-state index in [0.717, 1.165) is 6.26 Å². The molecule has 3 N–H and O–H groups in total. The number of nitrogens with zero attached hydrogens (tertiary/aromatic N) is 3. The second-order valence-electron chi connectivity index (χ2n) is 4.40. The van der Waals surface area contributed by atoms with Gasteiger partial charge in [0.15, 0.2) is 0 Å². The van der Waals surface area contributed by atoms with E-state index in [2.05, 4.69) is 19.7 Å². The summed E-state index contributed by atoms with van der Waals surface area (Å²) in [6.07, 6.45) is 1.66. The molecule has 0 saturated heterocycles. The first-order valence-electron chi connectivity index (χ1n) is 6.25. The Morgan fingerprint density at radius 1 is 1.42 bits per heavy atom. The number of rotatable bonds is 4. The van der Waals surface area contributed by atoms with E-state index in [0.29, 0.717) is 6.26 Å². The molecule has 12 nitrogen and oxygen atoms in total. The van der Waals surface area contributed by atoms with Crippen LogP contribution in [0.5, 0.6) is 0 Å². The second-order valence-corrected chi connectivity index (χ2v) is 6.05. The fourth-order valence-electron chi connectivity index (χ4n) is 1.68. The lowest BCUT2D eigenvalue weighted by molar-refractivity contribution is 0.0692. The van der Waals surface area contributed by atoms with Crippen molar-refractivity contribution in [3.8, 4) is 0 Å². The van der Waals surface area contributed by atoms with E-state index in [1.54, 1.807) is 11.8 Å². The molecule has 1 aliphatic rings. The minimum atomic E-state index is -4.45. The molecule has 24 heavy (non-hydrogen) atoms. The molecule has 2 heterocycles. The van der Waals surface area contributed by atoms with Gasteiger partial charge in [0.05, 0.1) is 13.4 Å². The molecule has 0 spiro atoms. The molecule has 13 heteroatoms. The van der Waals surface area contributed by atoms with E-state index in [1.807, 2.05) is 0 Å². The molecule has 1 aromatic rings. The smallest absolute Gasteiger partial charge is 0.340 e. The van der Waals surface area contributed by atoms with Gasteiger partial charge < -0.3 is 14.3 Å². The quantitative estimate of drug-likeness (QED) is 0.630. The number of carboxylic acid groups (broad SMARTS) is 1. The maximum atomic E-state index is 12.0. The predicted molar refractivity (Wildman–Crippen MR) is 79.0 cm³/mol. The zero-order valence-corrected chi connectivity index (χ0v) is 13.3. The lowest BCUT2D eigenvalue weighted by Crippen LogP contribution is -2.46. The summed E-state index contributed by atoms with van der Waals surface area (Å²) in [5.74, 6) is -1.52. The number of aliphatic imine (C=N–C) groups is 2. The highest BCUT2D eigenvalue weighted by molar-refractivity contribution is 7.90. The van der Waals surface area contributed by atoms with Crippen LogP contribution in [0.15, 0.2) is 31.8 Å². The van der Waals surface area contributed by atoms with E-state index < -0.39 is 38.8 Å². The first-order chi connectivity index (χ1) is 11.2. The van der Waals surface area contributed by atoms with Crippen LogP contribution in [0, 0.1) is 0 Å². The number of carbonyl (C=O) groups is 2. The summed E-state index contributed by atoms with van der Waals surface area (Å²) in [6, 6.07) is -1.00. The summed E-state index contributed by atoms with van der Waals surface area (Å²) in [5.41, 5.74) is -0.604. The molecule has 130 valence electrons. The SMILES string of the molecule is COC1=NC(NC(=O)NS(=O)(=O)c2cocc2C(=O)O)N=CN1C. The number of carbonyl (C=O) groups excluding carboxylic acids is 1. The first-order valence-corrected chi connectivity index (χ1v) is 7.73. The van der Waals surface area contributed by atoms with Crippen LogP contribution in [0.1, 0.15) is 10.4 Å². The van der Waals surface area contributed by atoms with Gasteiger partial charge in [0.2, 0.25) is 6.29 Å². The van der Waals surface area contributed by atoms with Crippen LogP contribution in [-0.2, 0) is 14.8 Å². The van der Waals surface area contributed by atoms with Crippen molar-refractivity contribution in [3.63, 3.8) is 0 Å². The zero-order chi connectivity index (χ0) is 17.9. The average Bonchev–Trinajstić information content (AvgIpc) is 2.99. The predicted octanol–water partition coefficient (Wildman–Crippen LogP) is -0.775. The van der Waals surface area contributed by atoms with Gasteiger partial charge >= 0.3 is 12.0 Å². The Morgan fingerprint density at radius 3 is 2.75 bits per heavy atom. The third-order valence-corrected chi connectivity index (χ3v) is 4.08. The minimum Gasteiger partial charge on any atom is -0.478 e. The van der Waals surface area contributed by atoms with Crippen LogP contribution in [0.4, 0.5) is 4.79 Å². The van der Waals surface area contributed by atoms with Crippen LogP contribution in [0.2, 0.25) is 0 Å². The zero-order valence-electron chi connectivity index (χ0n) is 12.5. The fraction of sp³-hybridized carbons (Fsp3) is 0.273.